The lowest BCUT2D eigenvalue weighted by Crippen LogP contribution is -2.54. The molecule has 122 valence electrons. The predicted molar refractivity (Wildman–Crippen MR) is 85.3 cm³/mol. The first-order chi connectivity index (χ1) is 9.96. The van der Waals surface area contributed by atoms with Crippen LogP contribution in [0.1, 0.15) is 66.2 Å². The standard InChI is InChI=1S/C17H32N2O2/c1-5-21-16(20)17(4,18-15-9-10-15)11-12-19-13(2)7-6-8-14(19)3/h13-15,18H,5-12H2,1-4H3. The maximum absolute atomic E-state index is 12.4. The van der Waals surface area contributed by atoms with Crippen LogP contribution >= 0.6 is 0 Å². The molecule has 0 radical (unpaired) electrons. The van der Waals surface area contributed by atoms with E-state index < -0.39 is 5.54 Å². The van der Waals surface area contributed by atoms with E-state index in [0.29, 0.717) is 24.7 Å². The lowest BCUT2D eigenvalue weighted by molar-refractivity contribution is -0.151. The van der Waals surface area contributed by atoms with Gasteiger partial charge in [-0.2, -0.15) is 0 Å². The van der Waals surface area contributed by atoms with E-state index in [0.717, 1.165) is 13.0 Å². The smallest absolute Gasteiger partial charge is 0.326 e. The molecule has 1 N–H and O–H groups in total. The van der Waals surface area contributed by atoms with Crippen molar-refractivity contribution in [2.45, 2.75) is 89.9 Å². The molecule has 1 aliphatic carbocycles. The second kappa shape index (κ2) is 7.10. The Morgan fingerprint density at radius 2 is 1.86 bits per heavy atom. The first-order valence-corrected chi connectivity index (χ1v) is 8.67. The summed E-state index contributed by atoms with van der Waals surface area (Å²) in [6.45, 7) is 9.94. The lowest BCUT2D eigenvalue weighted by atomic mass is 9.93. The number of carbonyl (C=O) groups is 1. The fourth-order valence-electron chi connectivity index (χ4n) is 3.47. The van der Waals surface area contributed by atoms with E-state index in [2.05, 4.69) is 24.1 Å². The fourth-order valence-corrected chi connectivity index (χ4v) is 3.47. The van der Waals surface area contributed by atoms with Gasteiger partial charge in [0.1, 0.15) is 5.54 Å². The molecule has 2 fully saturated rings. The molecule has 0 aromatic heterocycles. The summed E-state index contributed by atoms with van der Waals surface area (Å²) in [7, 11) is 0. The maximum atomic E-state index is 12.4. The predicted octanol–water partition coefficient (Wildman–Crippen LogP) is 2.71. The summed E-state index contributed by atoms with van der Waals surface area (Å²) in [6.07, 6.45) is 7.08. The number of rotatable bonds is 7. The quantitative estimate of drug-likeness (QED) is 0.734. The van der Waals surface area contributed by atoms with Crippen LogP contribution in [0, 0.1) is 0 Å². The topological polar surface area (TPSA) is 41.6 Å². The highest BCUT2D eigenvalue weighted by molar-refractivity contribution is 5.80. The van der Waals surface area contributed by atoms with Gasteiger partial charge in [0.15, 0.2) is 0 Å². The van der Waals surface area contributed by atoms with Crippen molar-refractivity contribution in [3.05, 3.63) is 0 Å². The van der Waals surface area contributed by atoms with Crippen molar-refractivity contribution in [1.29, 1.82) is 0 Å². The van der Waals surface area contributed by atoms with Crippen molar-refractivity contribution >= 4 is 5.97 Å². The van der Waals surface area contributed by atoms with E-state index in [1.54, 1.807) is 0 Å². The highest BCUT2D eigenvalue weighted by Gasteiger charge is 2.40. The third-order valence-electron chi connectivity index (χ3n) is 5.07. The third kappa shape index (κ3) is 4.43. The molecule has 1 heterocycles. The molecule has 0 aromatic carbocycles. The van der Waals surface area contributed by atoms with Crippen molar-refractivity contribution in [1.82, 2.24) is 10.2 Å². The Morgan fingerprint density at radius 3 is 2.38 bits per heavy atom. The summed E-state index contributed by atoms with van der Waals surface area (Å²) in [6, 6.07) is 1.76. The van der Waals surface area contributed by atoms with Gasteiger partial charge >= 0.3 is 5.97 Å². The minimum absolute atomic E-state index is 0.0887. The van der Waals surface area contributed by atoms with Crippen molar-refractivity contribution < 1.29 is 9.53 Å². The van der Waals surface area contributed by atoms with Crippen LogP contribution in [-0.2, 0) is 9.53 Å². The van der Waals surface area contributed by atoms with Crippen molar-refractivity contribution in [2.24, 2.45) is 0 Å². The van der Waals surface area contributed by atoms with Gasteiger partial charge < -0.3 is 4.74 Å². The first-order valence-electron chi connectivity index (χ1n) is 8.67. The maximum Gasteiger partial charge on any atom is 0.326 e. The second-order valence-corrected chi connectivity index (χ2v) is 7.09. The van der Waals surface area contributed by atoms with E-state index in [-0.39, 0.29) is 5.97 Å². The Hall–Kier alpha value is -0.610. The number of piperidine rings is 1. The molecule has 4 nitrogen and oxygen atoms in total. The van der Waals surface area contributed by atoms with Gasteiger partial charge in [-0.25, -0.2) is 0 Å². The molecule has 0 amide bonds. The van der Waals surface area contributed by atoms with Gasteiger partial charge in [-0.1, -0.05) is 6.42 Å². The monoisotopic (exact) mass is 296 g/mol. The number of nitrogens with one attached hydrogen (secondary N) is 1. The largest absolute Gasteiger partial charge is 0.465 e. The van der Waals surface area contributed by atoms with Crippen molar-refractivity contribution in [3.8, 4) is 0 Å². The van der Waals surface area contributed by atoms with E-state index in [9.17, 15) is 4.79 Å². The third-order valence-corrected chi connectivity index (χ3v) is 5.07. The van der Waals surface area contributed by atoms with Gasteiger partial charge in [-0.3, -0.25) is 15.0 Å². The molecule has 2 aliphatic rings. The lowest BCUT2D eigenvalue weighted by Gasteiger charge is -2.41. The molecule has 1 saturated heterocycles. The Balaban J connectivity index is 1.95. The van der Waals surface area contributed by atoms with E-state index in [1.807, 2.05) is 13.8 Å². The van der Waals surface area contributed by atoms with E-state index in [4.69, 9.17) is 4.74 Å². The number of ether oxygens (including phenoxy) is 1. The minimum Gasteiger partial charge on any atom is -0.465 e. The molecule has 1 aliphatic heterocycles. The molecule has 3 unspecified atom stereocenters. The summed E-state index contributed by atoms with van der Waals surface area (Å²) < 4.78 is 5.31. The Kier molecular flexibility index (Phi) is 5.67. The van der Waals surface area contributed by atoms with Gasteiger partial charge in [-0.05, 0) is 59.8 Å². The van der Waals surface area contributed by atoms with Crippen LogP contribution in [0.25, 0.3) is 0 Å². The number of nitrogens with zero attached hydrogens (tertiary/aromatic N) is 1. The number of likely N-dealkylation sites (tertiary alicyclic amines) is 1. The van der Waals surface area contributed by atoms with Crippen LogP contribution in [0.3, 0.4) is 0 Å². The fraction of sp³-hybridized carbons (Fsp3) is 0.941. The number of carbonyl (C=O) groups excluding carboxylic acids is 1. The van der Waals surface area contributed by atoms with Crippen LogP contribution in [0.5, 0.6) is 0 Å². The molecular formula is C17H32N2O2. The summed E-state index contributed by atoms with van der Waals surface area (Å²) in [4.78, 5) is 14.9. The number of hydrogen-bond acceptors (Lipinski definition) is 4. The average Bonchev–Trinajstić information content (AvgIpc) is 3.22. The van der Waals surface area contributed by atoms with Crippen LogP contribution in [0.15, 0.2) is 0 Å². The van der Waals surface area contributed by atoms with E-state index >= 15 is 0 Å². The zero-order valence-electron chi connectivity index (χ0n) is 14.2. The molecule has 21 heavy (non-hydrogen) atoms. The van der Waals surface area contributed by atoms with Gasteiger partial charge in [0.25, 0.3) is 0 Å². The molecule has 1 saturated carbocycles. The molecule has 3 atom stereocenters. The van der Waals surface area contributed by atoms with E-state index in [1.165, 1.54) is 32.1 Å². The summed E-state index contributed by atoms with van der Waals surface area (Å²) >= 11 is 0. The number of hydrogen-bond donors (Lipinski definition) is 1. The van der Waals surface area contributed by atoms with Crippen LogP contribution < -0.4 is 5.32 Å². The van der Waals surface area contributed by atoms with Gasteiger partial charge in [0.2, 0.25) is 0 Å². The number of esters is 1. The highest BCUT2D eigenvalue weighted by Crippen LogP contribution is 2.27. The SMILES string of the molecule is CCOC(=O)C(C)(CCN1C(C)CCCC1C)NC1CC1. The van der Waals surface area contributed by atoms with Crippen LogP contribution in [0.2, 0.25) is 0 Å². The van der Waals surface area contributed by atoms with Crippen molar-refractivity contribution in [2.75, 3.05) is 13.2 Å². The zero-order valence-corrected chi connectivity index (χ0v) is 14.2. The molecule has 0 bridgehead atoms. The Morgan fingerprint density at radius 1 is 1.24 bits per heavy atom. The van der Waals surface area contributed by atoms with Crippen LogP contribution in [-0.4, -0.2) is 47.7 Å². The Bertz CT molecular complexity index is 347. The van der Waals surface area contributed by atoms with Gasteiger partial charge in [0, 0.05) is 24.7 Å². The van der Waals surface area contributed by atoms with Crippen molar-refractivity contribution in [3.63, 3.8) is 0 Å². The summed E-state index contributed by atoms with van der Waals surface area (Å²) in [5, 5.41) is 3.52. The Labute approximate surface area is 129 Å². The van der Waals surface area contributed by atoms with Crippen LogP contribution in [0.4, 0.5) is 0 Å². The summed E-state index contributed by atoms with van der Waals surface area (Å²) in [5.41, 5.74) is -0.534. The second-order valence-electron chi connectivity index (χ2n) is 7.09. The molecule has 4 heteroatoms. The minimum atomic E-state index is -0.534. The van der Waals surface area contributed by atoms with Gasteiger partial charge in [-0.15, -0.1) is 0 Å². The highest BCUT2D eigenvalue weighted by atomic mass is 16.5. The van der Waals surface area contributed by atoms with Gasteiger partial charge in [0.05, 0.1) is 6.61 Å². The molecular weight excluding hydrogens is 264 g/mol. The average molecular weight is 296 g/mol. The first kappa shape index (κ1) is 16.8. The normalized spacial score (nSPS) is 29.9. The zero-order chi connectivity index (χ0) is 15.5. The molecule has 0 spiro atoms. The summed E-state index contributed by atoms with van der Waals surface area (Å²) in [5.74, 6) is -0.0887. The molecule has 0 aromatic rings. The molecule has 2 rings (SSSR count).